The minimum atomic E-state index is -4.30. The standard InChI is InChI=1S/C17H16F3N/c1-21-10-9-12-5-2-3-8-15(12)16(21)13-6-4-7-14(11-13)17(18,19)20/h2-8,11,16H,9-10H2,1H3. The maximum Gasteiger partial charge on any atom is 0.416 e. The van der Waals surface area contributed by atoms with Crippen molar-refractivity contribution < 1.29 is 13.2 Å². The number of rotatable bonds is 1. The highest BCUT2D eigenvalue weighted by molar-refractivity contribution is 5.41. The summed E-state index contributed by atoms with van der Waals surface area (Å²) >= 11 is 0. The second-order valence-electron chi connectivity index (χ2n) is 5.46. The van der Waals surface area contributed by atoms with Gasteiger partial charge in [-0.05, 0) is 42.3 Å². The first-order valence-electron chi connectivity index (χ1n) is 6.92. The van der Waals surface area contributed by atoms with E-state index in [0.717, 1.165) is 24.6 Å². The topological polar surface area (TPSA) is 3.24 Å². The van der Waals surface area contributed by atoms with E-state index in [1.165, 1.54) is 17.7 Å². The molecule has 0 N–H and O–H groups in total. The third-order valence-corrected chi connectivity index (χ3v) is 4.05. The van der Waals surface area contributed by atoms with Crippen LogP contribution in [-0.2, 0) is 12.6 Å². The number of fused-ring (bicyclic) bond motifs is 1. The smallest absolute Gasteiger partial charge is 0.295 e. The lowest BCUT2D eigenvalue weighted by molar-refractivity contribution is -0.137. The molecule has 21 heavy (non-hydrogen) atoms. The van der Waals surface area contributed by atoms with Crippen LogP contribution in [-0.4, -0.2) is 18.5 Å². The summed E-state index contributed by atoms with van der Waals surface area (Å²) in [5.41, 5.74) is 2.43. The van der Waals surface area contributed by atoms with Crippen LogP contribution in [0.1, 0.15) is 28.3 Å². The number of hydrogen-bond donors (Lipinski definition) is 0. The molecule has 1 unspecified atom stereocenters. The van der Waals surface area contributed by atoms with Crippen molar-refractivity contribution >= 4 is 0 Å². The van der Waals surface area contributed by atoms with E-state index in [1.807, 2.05) is 25.2 Å². The van der Waals surface area contributed by atoms with Gasteiger partial charge in [0.05, 0.1) is 11.6 Å². The lowest BCUT2D eigenvalue weighted by Crippen LogP contribution is -2.32. The molecule has 4 heteroatoms. The molecular weight excluding hydrogens is 275 g/mol. The Labute approximate surface area is 122 Å². The van der Waals surface area contributed by atoms with Gasteiger partial charge in [-0.15, -0.1) is 0 Å². The number of alkyl halides is 3. The van der Waals surface area contributed by atoms with Gasteiger partial charge in [0, 0.05) is 6.54 Å². The third-order valence-electron chi connectivity index (χ3n) is 4.05. The molecule has 1 nitrogen and oxygen atoms in total. The molecule has 1 heterocycles. The molecule has 3 rings (SSSR count). The van der Waals surface area contributed by atoms with Crippen LogP contribution < -0.4 is 0 Å². The Balaban J connectivity index is 2.08. The average Bonchev–Trinajstić information content (AvgIpc) is 2.46. The van der Waals surface area contributed by atoms with E-state index in [0.29, 0.717) is 5.56 Å². The van der Waals surface area contributed by atoms with Gasteiger partial charge in [0.1, 0.15) is 0 Å². The second-order valence-corrected chi connectivity index (χ2v) is 5.46. The number of benzene rings is 2. The van der Waals surface area contributed by atoms with Crippen LogP contribution in [0.4, 0.5) is 13.2 Å². The molecule has 1 aliphatic rings. The van der Waals surface area contributed by atoms with Gasteiger partial charge in [0.15, 0.2) is 0 Å². The van der Waals surface area contributed by atoms with Crippen LogP contribution in [0.5, 0.6) is 0 Å². The largest absolute Gasteiger partial charge is 0.416 e. The van der Waals surface area contributed by atoms with Crippen LogP contribution in [0.2, 0.25) is 0 Å². The van der Waals surface area contributed by atoms with E-state index >= 15 is 0 Å². The molecule has 1 atom stereocenters. The maximum atomic E-state index is 12.9. The third kappa shape index (κ3) is 2.68. The van der Waals surface area contributed by atoms with Gasteiger partial charge >= 0.3 is 6.18 Å². The molecule has 0 saturated heterocycles. The zero-order valence-corrected chi connectivity index (χ0v) is 11.7. The molecule has 0 fully saturated rings. The van der Waals surface area contributed by atoms with E-state index in [2.05, 4.69) is 11.0 Å². The van der Waals surface area contributed by atoms with Gasteiger partial charge in [-0.2, -0.15) is 13.2 Å². The summed E-state index contributed by atoms with van der Waals surface area (Å²) in [6, 6.07) is 13.5. The highest BCUT2D eigenvalue weighted by atomic mass is 19.4. The van der Waals surface area contributed by atoms with Gasteiger partial charge in [0.25, 0.3) is 0 Å². The van der Waals surface area contributed by atoms with E-state index < -0.39 is 11.7 Å². The fraction of sp³-hybridized carbons (Fsp3) is 0.294. The van der Waals surface area contributed by atoms with E-state index in [-0.39, 0.29) is 6.04 Å². The van der Waals surface area contributed by atoms with E-state index in [4.69, 9.17) is 0 Å². The molecule has 2 aromatic rings. The number of nitrogens with zero attached hydrogens (tertiary/aromatic N) is 1. The fourth-order valence-corrected chi connectivity index (χ4v) is 3.01. The lowest BCUT2D eigenvalue weighted by Gasteiger charge is -2.35. The number of likely N-dealkylation sites (N-methyl/N-ethyl adjacent to an activating group) is 1. The monoisotopic (exact) mass is 291 g/mol. The van der Waals surface area contributed by atoms with Gasteiger partial charge in [0.2, 0.25) is 0 Å². The summed E-state index contributed by atoms with van der Waals surface area (Å²) in [5, 5.41) is 0. The predicted molar refractivity (Wildman–Crippen MR) is 76.1 cm³/mol. The molecule has 0 aliphatic carbocycles. The fourth-order valence-electron chi connectivity index (χ4n) is 3.01. The normalized spacial score (nSPS) is 19.3. The first-order valence-corrected chi connectivity index (χ1v) is 6.92. The molecule has 0 radical (unpaired) electrons. The molecule has 0 aromatic heterocycles. The van der Waals surface area contributed by atoms with Gasteiger partial charge in [-0.1, -0.05) is 36.4 Å². The second kappa shape index (κ2) is 5.19. The zero-order valence-electron chi connectivity index (χ0n) is 11.7. The Hall–Kier alpha value is -1.81. The SMILES string of the molecule is CN1CCc2ccccc2C1c1cccc(C(F)(F)F)c1. The van der Waals surface area contributed by atoms with Crippen molar-refractivity contribution in [2.24, 2.45) is 0 Å². The number of halogens is 3. The Morgan fingerprint density at radius 2 is 1.81 bits per heavy atom. The summed E-state index contributed by atoms with van der Waals surface area (Å²) < 4.78 is 38.7. The van der Waals surface area contributed by atoms with Gasteiger partial charge in [-0.3, -0.25) is 4.90 Å². The predicted octanol–water partition coefficient (Wildman–Crippen LogP) is 4.28. The minimum Gasteiger partial charge on any atom is -0.295 e. The first kappa shape index (κ1) is 14.1. The molecule has 0 spiro atoms. The molecule has 0 saturated carbocycles. The first-order chi connectivity index (χ1) is 9.97. The summed E-state index contributed by atoms with van der Waals surface area (Å²) in [5.74, 6) is 0. The van der Waals surface area contributed by atoms with Crippen molar-refractivity contribution in [3.63, 3.8) is 0 Å². The van der Waals surface area contributed by atoms with Crippen molar-refractivity contribution in [2.45, 2.75) is 18.6 Å². The molecular formula is C17H16F3N. The van der Waals surface area contributed by atoms with Crippen LogP contribution in [0.15, 0.2) is 48.5 Å². The average molecular weight is 291 g/mol. The van der Waals surface area contributed by atoms with Crippen LogP contribution in [0, 0.1) is 0 Å². The van der Waals surface area contributed by atoms with Crippen LogP contribution in [0.25, 0.3) is 0 Å². The number of hydrogen-bond acceptors (Lipinski definition) is 1. The Morgan fingerprint density at radius 1 is 1.05 bits per heavy atom. The molecule has 2 aromatic carbocycles. The summed E-state index contributed by atoms with van der Waals surface area (Å²) in [4.78, 5) is 2.11. The Bertz CT molecular complexity index is 648. The Morgan fingerprint density at radius 3 is 2.57 bits per heavy atom. The van der Waals surface area contributed by atoms with Crippen molar-refractivity contribution in [1.29, 1.82) is 0 Å². The quantitative estimate of drug-likeness (QED) is 0.758. The zero-order chi connectivity index (χ0) is 15.0. The van der Waals surface area contributed by atoms with Gasteiger partial charge < -0.3 is 0 Å². The van der Waals surface area contributed by atoms with Crippen LogP contribution >= 0.6 is 0 Å². The molecule has 110 valence electrons. The highest BCUT2D eigenvalue weighted by Gasteiger charge is 2.32. The molecule has 1 aliphatic heterocycles. The highest BCUT2D eigenvalue weighted by Crippen LogP contribution is 2.36. The Kier molecular flexibility index (Phi) is 3.49. The van der Waals surface area contributed by atoms with Gasteiger partial charge in [-0.25, -0.2) is 0 Å². The van der Waals surface area contributed by atoms with Crippen molar-refractivity contribution in [3.8, 4) is 0 Å². The minimum absolute atomic E-state index is 0.114. The van der Waals surface area contributed by atoms with E-state index in [9.17, 15) is 13.2 Å². The lowest BCUT2D eigenvalue weighted by atomic mass is 9.88. The summed E-state index contributed by atoms with van der Waals surface area (Å²) in [7, 11) is 1.96. The maximum absolute atomic E-state index is 12.9. The van der Waals surface area contributed by atoms with Crippen LogP contribution in [0.3, 0.4) is 0 Å². The van der Waals surface area contributed by atoms with Crippen molar-refractivity contribution in [3.05, 3.63) is 70.8 Å². The molecule has 0 amide bonds. The molecule has 0 bridgehead atoms. The van der Waals surface area contributed by atoms with Crippen molar-refractivity contribution in [1.82, 2.24) is 4.90 Å². The summed E-state index contributed by atoms with van der Waals surface area (Å²) in [6.45, 7) is 0.845. The summed E-state index contributed by atoms with van der Waals surface area (Å²) in [6.07, 6.45) is -3.37. The van der Waals surface area contributed by atoms with Crippen molar-refractivity contribution in [2.75, 3.05) is 13.6 Å². The van der Waals surface area contributed by atoms with E-state index in [1.54, 1.807) is 6.07 Å².